The summed E-state index contributed by atoms with van der Waals surface area (Å²) in [6, 6.07) is 0. The van der Waals surface area contributed by atoms with E-state index in [1.54, 1.807) is 0 Å². The van der Waals surface area contributed by atoms with Gasteiger partial charge in [0, 0.05) is 22.8 Å². The van der Waals surface area contributed by atoms with Crippen LogP contribution in [0.2, 0.25) is 0 Å². The van der Waals surface area contributed by atoms with Crippen molar-refractivity contribution in [1.29, 1.82) is 0 Å². The molecule has 1 saturated carbocycles. The molecule has 1 spiro atoms. The lowest BCUT2D eigenvalue weighted by atomic mass is 9.49. The minimum atomic E-state index is -5.82. The highest BCUT2D eigenvalue weighted by Crippen LogP contribution is 2.62. The first kappa shape index (κ1) is 21.8. The highest BCUT2D eigenvalue weighted by Gasteiger charge is 2.64. The molecule has 3 aliphatic rings. The van der Waals surface area contributed by atoms with Gasteiger partial charge in [-0.3, -0.25) is 0 Å². The van der Waals surface area contributed by atoms with E-state index in [0.29, 0.717) is 50.2 Å². The molecule has 1 aromatic heterocycles. The first-order valence-corrected chi connectivity index (χ1v) is 11.3. The van der Waals surface area contributed by atoms with Gasteiger partial charge >= 0.3 is 15.6 Å². The normalized spacial score (nSPS) is 30.0. The predicted octanol–water partition coefficient (Wildman–Crippen LogP) is 3.40. The van der Waals surface area contributed by atoms with Gasteiger partial charge in [0.1, 0.15) is 5.82 Å². The maximum atomic E-state index is 12.9. The fourth-order valence-electron chi connectivity index (χ4n) is 5.69. The second-order valence-corrected chi connectivity index (χ2v) is 10.6. The summed E-state index contributed by atoms with van der Waals surface area (Å²) in [6.07, 6.45) is 2.14. The summed E-state index contributed by atoms with van der Waals surface area (Å²) in [5, 5.41) is 0. The average Bonchev–Trinajstić information content (AvgIpc) is 3.09. The van der Waals surface area contributed by atoms with E-state index >= 15 is 0 Å². The standard InChI is InChI=1S/C19H25F3N2O5S/c1-11-23-14-12(15(24-11)29-30(25,26)19(20,21)22)5-6-13-16(2,3)18(27-9-10-28-18)8-7-17(13,14)4/h13H,5-10H2,1-4H3. The summed E-state index contributed by atoms with van der Waals surface area (Å²) in [5.41, 5.74) is -5.54. The molecule has 30 heavy (non-hydrogen) atoms. The Morgan fingerprint density at radius 3 is 2.33 bits per heavy atom. The highest BCUT2D eigenvalue weighted by atomic mass is 32.2. The van der Waals surface area contributed by atoms with Crippen molar-refractivity contribution < 1.29 is 35.2 Å². The number of aromatic nitrogens is 2. The van der Waals surface area contributed by atoms with E-state index in [2.05, 4.69) is 28.0 Å². The number of aryl methyl sites for hydroxylation is 1. The van der Waals surface area contributed by atoms with E-state index in [0.717, 1.165) is 0 Å². The van der Waals surface area contributed by atoms with Crippen LogP contribution in [-0.4, -0.2) is 42.9 Å². The maximum Gasteiger partial charge on any atom is 0.534 e. The molecular weight excluding hydrogens is 425 g/mol. The summed E-state index contributed by atoms with van der Waals surface area (Å²) in [6.45, 7) is 8.76. The fourth-order valence-corrected chi connectivity index (χ4v) is 6.13. The van der Waals surface area contributed by atoms with Crippen LogP contribution in [0, 0.1) is 18.3 Å². The Morgan fingerprint density at radius 1 is 1.10 bits per heavy atom. The van der Waals surface area contributed by atoms with Crippen molar-refractivity contribution in [2.24, 2.45) is 11.3 Å². The number of alkyl halides is 3. The summed E-state index contributed by atoms with van der Waals surface area (Å²) in [5.74, 6) is -1.00. The van der Waals surface area contributed by atoms with Crippen LogP contribution in [0.15, 0.2) is 0 Å². The van der Waals surface area contributed by atoms with Crippen LogP contribution in [0.3, 0.4) is 0 Å². The second kappa shape index (κ2) is 6.52. The Bertz CT molecular complexity index is 973. The first-order valence-electron chi connectivity index (χ1n) is 9.90. The zero-order chi connectivity index (χ0) is 22.2. The molecule has 2 atom stereocenters. The lowest BCUT2D eigenvalue weighted by molar-refractivity contribution is -0.276. The largest absolute Gasteiger partial charge is 0.534 e. The van der Waals surface area contributed by atoms with Crippen molar-refractivity contribution in [1.82, 2.24) is 9.97 Å². The number of halogens is 3. The van der Waals surface area contributed by atoms with Crippen molar-refractivity contribution in [3.8, 4) is 5.88 Å². The van der Waals surface area contributed by atoms with Crippen LogP contribution >= 0.6 is 0 Å². The van der Waals surface area contributed by atoms with Crippen LogP contribution in [0.4, 0.5) is 13.2 Å². The molecule has 1 aromatic rings. The number of fused-ring (bicyclic) bond motifs is 3. The maximum absolute atomic E-state index is 12.9. The molecule has 0 amide bonds. The molecular formula is C19H25F3N2O5S. The summed E-state index contributed by atoms with van der Waals surface area (Å²) in [7, 11) is -5.82. The Morgan fingerprint density at radius 2 is 1.73 bits per heavy atom. The number of hydrogen-bond acceptors (Lipinski definition) is 7. The van der Waals surface area contributed by atoms with Crippen molar-refractivity contribution in [2.75, 3.05) is 13.2 Å². The Labute approximate surface area is 173 Å². The van der Waals surface area contributed by atoms with Gasteiger partial charge < -0.3 is 13.7 Å². The van der Waals surface area contributed by atoms with Crippen molar-refractivity contribution in [2.45, 2.75) is 70.1 Å². The topological polar surface area (TPSA) is 87.6 Å². The molecule has 1 aliphatic heterocycles. The Hall–Kier alpha value is -1.46. The third-order valence-corrected chi connectivity index (χ3v) is 8.07. The Kier molecular flexibility index (Phi) is 4.73. The van der Waals surface area contributed by atoms with E-state index in [1.165, 1.54) is 6.92 Å². The molecule has 0 N–H and O–H groups in total. The number of nitrogens with zero attached hydrogens (tertiary/aromatic N) is 2. The minimum absolute atomic E-state index is 0.0609. The summed E-state index contributed by atoms with van der Waals surface area (Å²) in [4.78, 5) is 8.45. The number of ether oxygens (including phenoxy) is 2. The van der Waals surface area contributed by atoms with Crippen molar-refractivity contribution >= 4 is 10.1 Å². The summed E-state index contributed by atoms with van der Waals surface area (Å²) < 4.78 is 78.4. The van der Waals surface area contributed by atoms with Crippen LogP contribution in [0.25, 0.3) is 0 Å². The molecule has 7 nitrogen and oxygen atoms in total. The molecule has 2 unspecified atom stereocenters. The van der Waals surface area contributed by atoms with Crippen molar-refractivity contribution in [3.05, 3.63) is 17.1 Å². The molecule has 2 heterocycles. The van der Waals surface area contributed by atoms with Gasteiger partial charge in [-0.25, -0.2) is 4.98 Å². The van der Waals surface area contributed by atoms with E-state index in [-0.39, 0.29) is 17.2 Å². The van der Waals surface area contributed by atoms with Crippen LogP contribution < -0.4 is 4.18 Å². The van der Waals surface area contributed by atoms with Crippen LogP contribution in [0.1, 0.15) is 57.1 Å². The summed E-state index contributed by atoms with van der Waals surface area (Å²) >= 11 is 0. The molecule has 168 valence electrons. The minimum Gasteiger partial charge on any atom is -0.355 e. The van der Waals surface area contributed by atoms with Gasteiger partial charge in [0.05, 0.1) is 18.9 Å². The molecule has 2 fully saturated rings. The predicted molar refractivity (Wildman–Crippen MR) is 99.2 cm³/mol. The molecule has 1 saturated heterocycles. The van der Waals surface area contributed by atoms with Crippen molar-refractivity contribution in [3.63, 3.8) is 0 Å². The second-order valence-electron chi connectivity index (χ2n) is 9.07. The zero-order valence-corrected chi connectivity index (χ0v) is 18.1. The lowest BCUT2D eigenvalue weighted by Crippen LogP contribution is -2.61. The smallest absolute Gasteiger partial charge is 0.355 e. The van der Waals surface area contributed by atoms with E-state index < -0.39 is 32.7 Å². The quantitative estimate of drug-likeness (QED) is 0.504. The Balaban J connectivity index is 1.79. The van der Waals surface area contributed by atoms with Gasteiger partial charge in [0.2, 0.25) is 5.88 Å². The van der Waals surface area contributed by atoms with Gasteiger partial charge in [-0.2, -0.15) is 26.6 Å². The van der Waals surface area contributed by atoms with Gasteiger partial charge in [-0.05, 0) is 32.1 Å². The van der Waals surface area contributed by atoms with E-state index in [4.69, 9.17) is 9.47 Å². The first-order chi connectivity index (χ1) is 13.7. The highest BCUT2D eigenvalue weighted by molar-refractivity contribution is 7.87. The third kappa shape index (κ3) is 2.96. The lowest BCUT2D eigenvalue weighted by Gasteiger charge is -2.59. The van der Waals surface area contributed by atoms with Gasteiger partial charge in [0.15, 0.2) is 5.79 Å². The van der Waals surface area contributed by atoms with Crippen LogP contribution in [-0.2, 0) is 31.4 Å². The molecule has 2 aliphatic carbocycles. The average molecular weight is 450 g/mol. The molecule has 11 heteroatoms. The molecule has 0 bridgehead atoms. The fraction of sp³-hybridized carbons (Fsp3) is 0.789. The number of hydrogen-bond donors (Lipinski definition) is 0. The van der Waals surface area contributed by atoms with E-state index in [1.807, 2.05) is 6.92 Å². The van der Waals surface area contributed by atoms with Gasteiger partial charge in [-0.1, -0.05) is 20.8 Å². The molecule has 0 radical (unpaired) electrons. The van der Waals surface area contributed by atoms with Gasteiger partial charge in [-0.15, -0.1) is 0 Å². The molecule has 0 aromatic carbocycles. The van der Waals surface area contributed by atoms with E-state index in [9.17, 15) is 21.6 Å². The third-order valence-electron chi connectivity index (χ3n) is 7.13. The zero-order valence-electron chi connectivity index (χ0n) is 17.3. The van der Waals surface area contributed by atoms with Gasteiger partial charge in [0.25, 0.3) is 0 Å². The monoisotopic (exact) mass is 450 g/mol. The SMILES string of the molecule is Cc1nc(OS(=O)(=O)C(F)(F)F)c2c(n1)C1(C)CCC3(OCCO3)C(C)(C)C1CC2. The van der Waals surface area contributed by atoms with Crippen LogP contribution in [0.5, 0.6) is 5.88 Å². The number of rotatable bonds is 2. The molecule has 4 rings (SSSR count).